The van der Waals surface area contributed by atoms with Crippen molar-refractivity contribution < 1.29 is 14.3 Å². The largest absolute Gasteiger partial charge is 0.378 e. The van der Waals surface area contributed by atoms with E-state index < -0.39 is 0 Å². The Morgan fingerprint density at radius 3 is 2.87 bits per heavy atom. The van der Waals surface area contributed by atoms with E-state index in [0.717, 1.165) is 37.7 Å². The summed E-state index contributed by atoms with van der Waals surface area (Å²) in [5.41, 5.74) is 1.05. The van der Waals surface area contributed by atoms with Gasteiger partial charge in [0, 0.05) is 32.4 Å². The van der Waals surface area contributed by atoms with Gasteiger partial charge in [-0.3, -0.25) is 0 Å². The molecule has 7 heteroatoms. The van der Waals surface area contributed by atoms with Gasteiger partial charge in [-0.25, -0.2) is 9.78 Å². The molecule has 0 spiro atoms. The van der Waals surface area contributed by atoms with Gasteiger partial charge >= 0.3 is 6.03 Å². The maximum atomic E-state index is 12.3. The van der Waals surface area contributed by atoms with E-state index in [1.165, 1.54) is 0 Å². The highest BCUT2D eigenvalue weighted by Gasteiger charge is 2.23. The number of amides is 2. The second-order valence-corrected chi connectivity index (χ2v) is 5.90. The highest BCUT2D eigenvalue weighted by Crippen LogP contribution is 2.14. The fourth-order valence-electron chi connectivity index (χ4n) is 2.84. The number of nitrogens with zero attached hydrogens (tertiary/aromatic N) is 3. The maximum absolute atomic E-state index is 12.3. The molecule has 1 unspecified atom stereocenters. The minimum absolute atomic E-state index is 0.0365. The minimum atomic E-state index is -0.0365. The van der Waals surface area contributed by atoms with Crippen molar-refractivity contribution in [3.05, 3.63) is 23.9 Å². The Morgan fingerprint density at radius 2 is 2.09 bits per heavy atom. The Hall–Kier alpha value is -1.86. The number of carbonyl (C=O) groups is 1. The van der Waals surface area contributed by atoms with Crippen LogP contribution in [0.25, 0.3) is 0 Å². The van der Waals surface area contributed by atoms with Crippen molar-refractivity contribution in [3.63, 3.8) is 0 Å². The third-order valence-corrected chi connectivity index (χ3v) is 4.22. The van der Waals surface area contributed by atoms with E-state index in [9.17, 15) is 4.79 Å². The van der Waals surface area contributed by atoms with Crippen molar-refractivity contribution in [1.82, 2.24) is 15.2 Å². The van der Waals surface area contributed by atoms with Gasteiger partial charge < -0.3 is 24.6 Å². The predicted octanol–water partition coefficient (Wildman–Crippen LogP) is 0.849. The Morgan fingerprint density at radius 1 is 1.30 bits per heavy atom. The smallest absolute Gasteiger partial charge is 0.318 e. The van der Waals surface area contributed by atoms with E-state index >= 15 is 0 Å². The summed E-state index contributed by atoms with van der Waals surface area (Å²) in [4.78, 5) is 20.7. The van der Waals surface area contributed by atoms with Gasteiger partial charge in [0.2, 0.25) is 0 Å². The number of carbonyl (C=O) groups excluding carboxylic acids is 1. The van der Waals surface area contributed by atoms with Crippen LogP contribution in [0.1, 0.15) is 12.5 Å². The summed E-state index contributed by atoms with van der Waals surface area (Å²) in [5.74, 6) is 0.944. The highest BCUT2D eigenvalue weighted by atomic mass is 16.5. The molecule has 3 rings (SSSR count). The van der Waals surface area contributed by atoms with Gasteiger partial charge in [0.05, 0.1) is 32.5 Å². The lowest BCUT2D eigenvalue weighted by Gasteiger charge is -2.33. The van der Waals surface area contributed by atoms with Gasteiger partial charge in [0.1, 0.15) is 5.82 Å². The Labute approximate surface area is 136 Å². The van der Waals surface area contributed by atoms with Crippen LogP contribution in [0.15, 0.2) is 18.3 Å². The molecule has 7 nitrogen and oxygen atoms in total. The van der Waals surface area contributed by atoms with E-state index in [0.29, 0.717) is 26.3 Å². The lowest BCUT2D eigenvalue weighted by Crippen LogP contribution is -2.51. The second-order valence-electron chi connectivity index (χ2n) is 5.90. The molecule has 2 aliphatic heterocycles. The van der Waals surface area contributed by atoms with Crippen molar-refractivity contribution in [2.24, 2.45) is 0 Å². The molecule has 2 saturated heterocycles. The molecular weight excluding hydrogens is 296 g/mol. The minimum Gasteiger partial charge on any atom is -0.378 e. The molecule has 1 aromatic heterocycles. The van der Waals surface area contributed by atoms with Crippen LogP contribution in [0.5, 0.6) is 0 Å². The molecule has 0 aliphatic carbocycles. The molecule has 126 valence electrons. The molecule has 1 atom stereocenters. The van der Waals surface area contributed by atoms with E-state index in [4.69, 9.17) is 9.47 Å². The molecule has 1 aromatic rings. The zero-order chi connectivity index (χ0) is 16.1. The quantitative estimate of drug-likeness (QED) is 0.894. The Balaban J connectivity index is 1.56. The Kier molecular flexibility index (Phi) is 5.30. The number of rotatable bonds is 3. The van der Waals surface area contributed by atoms with E-state index in [1.54, 1.807) is 6.20 Å². The number of hydrogen-bond donors (Lipinski definition) is 1. The van der Waals surface area contributed by atoms with E-state index in [1.807, 2.05) is 24.0 Å². The Bertz CT molecular complexity index is 534. The van der Waals surface area contributed by atoms with Crippen LogP contribution in [-0.4, -0.2) is 68.0 Å². The molecular formula is C16H24N4O3. The van der Waals surface area contributed by atoms with E-state index in [-0.39, 0.29) is 12.1 Å². The molecule has 2 aliphatic rings. The summed E-state index contributed by atoms with van der Waals surface area (Å²) >= 11 is 0. The molecule has 0 saturated carbocycles. The third-order valence-electron chi connectivity index (χ3n) is 4.22. The molecule has 0 aromatic carbocycles. The number of ether oxygens (including phenoxy) is 2. The van der Waals surface area contributed by atoms with Gasteiger partial charge in [-0.15, -0.1) is 0 Å². The summed E-state index contributed by atoms with van der Waals surface area (Å²) in [6.45, 7) is 7.53. The highest BCUT2D eigenvalue weighted by molar-refractivity contribution is 5.74. The summed E-state index contributed by atoms with van der Waals surface area (Å²) in [7, 11) is 0. The zero-order valence-corrected chi connectivity index (χ0v) is 13.5. The SMILES string of the molecule is CC1COCCN1C(=O)NCc1ccnc(N2CCOCC2)c1. The standard InChI is InChI=1S/C16H24N4O3/c1-13-12-23-9-6-20(13)16(21)18-11-14-2-3-17-15(10-14)19-4-7-22-8-5-19/h2-3,10,13H,4-9,11-12H2,1H3,(H,18,21). The average Bonchev–Trinajstić information content (AvgIpc) is 2.61. The fourth-order valence-corrected chi connectivity index (χ4v) is 2.84. The van der Waals surface area contributed by atoms with Crippen LogP contribution >= 0.6 is 0 Å². The van der Waals surface area contributed by atoms with Crippen molar-refractivity contribution in [3.8, 4) is 0 Å². The monoisotopic (exact) mass is 320 g/mol. The normalized spacial score (nSPS) is 22.0. The number of aromatic nitrogens is 1. The van der Waals surface area contributed by atoms with Crippen molar-refractivity contribution in [2.45, 2.75) is 19.5 Å². The topological polar surface area (TPSA) is 66.9 Å². The van der Waals surface area contributed by atoms with Gasteiger partial charge in [-0.2, -0.15) is 0 Å². The van der Waals surface area contributed by atoms with Crippen LogP contribution in [0, 0.1) is 0 Å². The molecule has 0 radical (unpaired) electrons. The molecule has 2 amide bonds. The molecule has 1 N–H and O–H groups in total. The lowest BCUT2D eigenvalue weighted by atomic mass is 10.2. The van der Waals surface area contributed by atoms with Crippen molar-refractivity contribution in [2.75, 3.05) is 51.0 Å². The fraction of sp³-hybridized carbons (Fsp3) is 0.625. The van der Waals surface area contributed by atoms with Crippen LogP contribution < -0.4 is 10.2 Å². The third kappa shape index (κ3) is 4.11. The molecule has 23 heavy (non-hydrogen) atoms. The van der Waals surface area contributed by atoms with E-state index in [2.05, 4.69) is 15.2 Å². The first-order valence-electron chi connectivity index (χ1n) is 8.14. The lowest BCUT2D eigenvalue weighted by molar-refractivity contribution is 0.0190. The van der Waals surface area contributed by atoms with Crippen LogP contribution in [-0.2, 0) is 16.0 Å². The number of urea groups is 1. The zero-order valence-electron chi connectivity index (χ0n) is 13.5. The van der Waals surface area contributed by atoms with Crippen LogP contribution in [0.4, 0.5) is 10.6 Å². The van der Waals surface area contributed by atoms with Gasteiger partial charge in [-0.1, -0.05) is 0 Å². The first kappa shape index (κ1) is 16.0. The van der Waals surface area contributed by atoms with Crippen LogP contribution in [0.2, 0.25) is 0 Å². The number of hydrogen-bond acceptors (Lipinski definition) is 5. The first-order chi connectivity index (χ1) is 11.2. The van der Waals surface area contributed by atoms with Gasteiger partial charge in [0.15, 0.2) is 0 Å². The van der Waals surface area contributed by atoms with Crippen molar-refractivity contribution >= 4 is 11.8 Å². The number of morpholine rings is 2. The molecule has 2 fully saturated rings. The molecule has 0 bridgehead atoms. The van der Waals surface area contributed by atoms with Crippen molar-refractivity contribution in [1.29, 1.82) is 0 Å². The molecule has 3 heterocycles. The average molecular weight is 320 g/mol. The first-order valence-corrected chi connectivity index (χ1v) is 8.14. The number of nitrogens with one attached hydrogen (secondary N) is 1. The van der Waals surface area contributed by atoms with Crippen LogP contribution in [0.3, 0.4) is 0 Å². The maximum Gasteiger partial charge on any atom is 0.318 e. The van der Waals surface area contributed by atoms with Gasteiger partial charge in [0.25, 0.3) is 0 Å². The summed E-state index contributed by atoms with van der Waals surface area (Å²) in [6.07, 6.45) is 1.80. The van der Waals surface area contributed by atoms with Gasteiger partial charge in [-0.05, 0) is 24.6 Å². The predicted molar refractivity (Wildman–Crippen MR) is 86.5 cm³/mol. The summed E-state index contributed by atoms with van der Waals surface area (Å²) < 4.78 is 10.7. The second kappa shape index (κ2) is 7.61. The summed E-state index contributed by atoms with van der Waals surface area (Å²) in [5, 5.41) is 2.99. The number of pyridine rings is 1. The summed E-state index contributed by atoms with van der Waals surface area (Å²) in [6, 6.07) is 4.05. The number of anilines is 1.